The van der Waals surface area contributed by atoms with E-state index in [2.05, 4.69) is 26.3 Å². The predicted molar refractivity (Wildman–Crippen MR) is 87.1 cm³/mol. The van der Waals surface area contributed by atoms with E-state index in [9.17, 15) is 4.79 Å². The highest BCUT2D eigenvalue weighted by atomic mass is 79.9. The van der Waals surface area contributed by atoms with Crippen LogP contribution in [0.3, 0.4) is 0 Å². The first-order chi connectivity index (χ1) is 10.1. The van der Waals surface area contributed by atoms with Crippen molar-refractivity contribution in [3.8, 4) is 0 Å². The number of nitrogen functional groups attached to an aromatic ring is 1. The van der Waals surface area contributed by atoms with E-state index in [1.165, 1.54) is 17.5 Å². The van der Waals surface area contributed by atoms with Crippen molar-refractivity contribution in [1.82, 2.24) is 9.78 Å². The molecule has 3 rings (SSSR count). The molecule has 0 amide bonds. The first-order valence-corrected chi connectivity index (χ1v) is 7.76. The molecule has 0 atom stereocenters. The third-order valence-electron chi connectivity index (χ3n) is 3.58. The van der Waals surface area contributed by atoms with Crippen molar-refractivity contribution in [2.24, 2.45) is 5.92 Å². The highest BCUT2D eigenvalue weighted by Crippen LogP contribution is 2.30. The summed E-state index contributed by atoms with van der Waals surface area (Å²) in [7, 11) is 0. The highest BCUT2D eigenvalue weighted by molar-refractivity contribution is 9.10. The number of nitrogens with one attached hydrogen (secondary N) is 1. The normalized spacial score (nSPS) is 14.1. The molecule has 1 heterocycles. The summed E-state index contributed by atoms with van der Waals surface area (Å²) >= 11 is 3.37. The molecular weight excluding hydrogens is 332 g/mol. The van der Waals surface area contributed by atoms with Crippen LogP contribution in [0, 0.1) is 5.92 Å². The molecule has 21 heavy (non-hydrogen) atoms. The standard InChI is InChI=1S/C15H17BrN4O/c16-14-13(18-7-10-3-5-12(17)6-4-10)8-19-20(15(14)21)9-11-1-2-11/h3-6,8,11,18H,1-2,7,9,17H2. The minimum atomic E-state index is -0.0794. The van der Waals surface area contributed by atoms with E-state index in [1.807, 2.05) is 24.3 Å². The number of anilines is 2. The average molecular weight is 349 g/mol. The molecule has 0 saturated heterocycles. The fourth-order valence-electron chi connectivity index (χ4n) is 2.10. The third-order valence-corrected chi connectivity index (χ3v) is 4.34. The van der Waals surface area contributed by atoms with Crippen LogP contribution < -0.4 is 16.6 Å². The average Bonchev–Trinajstić information content (AvgIpc) is 3.29. The van der Waals surface area contributed by atoms with Crippen molar-refractivity contribution < 1.29 is 0 Å². The van der Waals surface area contributed by atoms with Crippen LogP contribution in [0.5, 0.6) is 0 Å². The Bertz CT molecular complexity index is 692. The number of hydrogen-bond acceptors (Lipinski definition) is 4. The summed E-state index contributed by atoms with van der Waals surface area (Å²) in [4.78, 5) is 12.2. The minimum Gasteiger partial charge on any atom is -0.399 e. The summed E-state index contributed by atoms with van der Waals surface area (Å²) < 4.78 is 2.07. The van der Waals surface area contributed by atoms with Crippen molar-refractivity contribution >= 4 is 27.3 Å². The summed E-state index contributed by atoms with van der Waals surface area (Å²) in [6, 6.07) is 7.63. The lowest BCUT2D eigenvalue weighted by atomic mass is 10.2. The number of benzene rings is 1. The molecule has 110 valence electrons. The Balaban J connectivity index is 1.71. The van der Waals surface area contributed by atoms with Crippen molar-refractivity contribution in [3.05, 3.63) is 50.9 Å². The molecule has 0 radical (unpaired) electrons. The third kappa shape index (κ3) is 3.44. The number of nitrogens with two attached hydrogens (primary N) is 1. The Morgan fingerprint density at radius 2 is 2.05 bits per heavy atom. The Morgan fingerprint density at radius 3 is 2.71 bits per heavy atom. The topological polar surface area (TPSA) is 72.9 Å². The number of nitrogens with zero attached hydrogens (tertiary/aromatic N) is 2. The Hall–Kier alpha value is -1.82. The first-order valence-electron chi connectivity index (χ1n) is 6.97. The van der Waals surface area contributed by atoms with Crippen LogP contribution in [0.25, 0.3) is 0 Å². The number of halogens is 1. The monoisotopic (exact) mass is 348 g/mol. The maximum absolute atomic E-state index is 12.2. The van der Waals surface area contributed by atoms with Crippen LogP contribution >= 0.6 is 15.9 Å². The molecule has 1 aliphatic rings. The second kappa shape index (κ2) is 5.89. The van der Waals surface area contributed by atoms with Crippen LogP contribution in [-0.2, 0) is 13.1 Å². The van der Waals surface area contributed by atoms with Gasteiger partial charge in [0.15, 0.2) is 0 Å². The molecule has 1 aliphatic carbocycles. The first kappa shape index (κ1) is 14.1. The van der Waals surface area contributed by atoms with Crippen molar-refractivity contribution in [1.29, 1.82) is 0 Å². The molecule has 1 aromatic carbocycles. The van der Waals surface area contributed by atoms with Gasteiger partial charge in [0, 0.05) is 18.8 Å². The molecule has 2 aromatic rings. The molecule has 0 bridgehead atoms. The van der Waals surface area contributed by atoms with E-state index in [1.54, 1.807) is 6.20 Å². The second-order valence-electron chi connectivity index (χ2n) is 5.40. The van der Waals surface area contributed by atoms with Crippen LogP contribution in [0.1, 0.15) is 18.4 Å². The summed E-state index contributed by atoms with van der Waals surface area (Å²) in [6.45, 7) is 1.34. The van der Waals surface area contributed by atoms with Crippen LogP contribution in [0.4, 0.5) is 11.4 Å². The summed E-state index contributed by atoms with van der Waals surface area (Å²) in [5.74, 6) is 0.621. The molecule has 0 aliphatic heterocycles. The molecule has 6 heteroatoms. The van der Waals surface area contributed by atoms with Gasteiger partial charge in [-0.3, -0.25) is 4.79 Å². The summed E-state index contributed by atoms with van der Waals surface area (Å²) in [5, 5.41) is 7.46. The highest BCUT2D eigenvalue weighted by Gasteiger charge is 2.23. The van der Waals surface area contributed by atoms with Crippen LogP contribution in [0.2, 0.25) is 0 Å². The molecule has 1 aromatic heterocycles. The Labute approximate surface area is 131 Å². The number of hydrogen-bond donors (Lipinski definition) is 2. The van der Waals surface area contributed by atoms with E-state index in [-0.39, 0.29) is 5.56 Å². The molecule has 0 spiro atoms. The molecule has 3 N–H and O–H groups in total. The largest absolute Gasteiger partial charge is 0.399 e. The van der Waals surface area contributed by atoms with Crippen molar-refractivity contribution in [2.45, 2.75) is 25.9 Å². The zero-order valence-electron chi connectivity index (χ0n) is 11.6. The number of aromatic nitrogens is 2. The molecular formula is C15H17BrN4O. The zero-order chi connectivity index (χ0) is 14.8. The van der Waals surface area contributed by atoms with Gasteiger partial charge in [-0.25, -0.2) is 4.68 Å². The molecule has 1 saturated carbocycles. The zero-order valence-corrected chi connectivity index (χ0v) is 13.1. The predicted octanol–water partition coefficient (Wildman–Crippen LogP) is 2.61. The van der Waals surface area contributed by atoms with E-state index in [0.29, 0.717) is 22.6 Å². The van der Waals surface area contributed by atoms with E-state index >= 15 is 0 Å². The van der Waals surface area contributed by atoms with Gasteiger partial charge in [-0.1, -0.05) is 12.1 Å². The van der Waals surface area contributed by atoms with E-state index in [4.69, 9.17) is 5.73 Å². The smallest absolute Gasteiger partial charge is 0.283 e. The van der Waals surface area contributed by atoms with E-state index in [0.717, 1.165) is 17.8 Å². The minimum absolute atomic E-state index is 0.0794. The summed E-state index contributed by atoms with van der Waals surface area (Å²) in [6.07, 6.45) is 4.09. The maximum Gasteiger partial charge on any atom is 0.283 e. The van der Waals surface area contributed by atoms with Crippen LogP contribution in [-0.4, -0.2) is 9.78 Å². The van der Waals surface area contributed by atoms with E-state index < -0.39 is 0 Å². The maximum atomic E-state index is 12.2. The fourth-order valence-corrected chi connectivity index (χ4v) is 2.54. The van der Waals surface area contributed by atoms with Gasteiger partial charge in [-0.05, 0) is 52.4 Å². The van der Waals surface area contributed by atoms with Crippen LogP contribution in [0.15, 0.2) is 39.7 Å². The van der Waals surface area contributed by atoms with Gasteiger partial charge in [0.1, 0.15) is 4.47 Å². The van der Waals surface area contributed by atoms with Gasteiger partial charge in [0.25, 0.3) is 5.56 Å². The van der Waals surface area contributed by atoms with Gasteiger partial charge in [-0.15, -0.1) is 0 Å². The van der Waals surface area contributed by atoms with Gasteiger partial charge in [0.2, 0.25) is 0 Å². The SMILES string of the molecule is Nc1ccc(CNc2cnn(CC3CC3)c(=O)c2Br)cc1. The lowest BCUT2D eigenvalue weighted by Gasteiger charge is -2.10. The Morgan fingerprint density at radius 1 is 1.33 bits per heavy atom. The van der Waals surface area contributed by atoms with Gasteiger partial charge in [-0.2, -0.15) is 5.10 Å². The molecule has 1 fully saturated rings. The van der Waals surface area contributed by atoms with Crippen molar-refractivity contribution in [3.63, 3.8) is 0 Å². The molecule has 5 nitrogen and oxygen atoms in total. The number of rotatable bonds is 5. The second-order valence-corrected chi connectivity index (χ2v) is 6.19. The summed E-state index contributed by atoms with van der Waals surface area (Å²) in [5.41, 5.74) is 8.13. The quantitative estimate of drug-likeness (QED) is 0.814. The van der Waals surface area contributed by atoms with Crippen molar-refractivity contribution in [2.75, 3.05) is 11.1 Å². The van der Waals surface area contributed by atoms with Gasteiger partial charge in [0.05, 0.1) is 11.9 Å². The molecule has 0 unspecified atom stereocenters. The lowest BCUT2D eigenvalue weighted by Crippen LogP contribution is -2.25. The lowest BCUT2D eigenvalue weighted by molar-refractivity contribution is 0.532. The fraction of sp³-hybridized carbons (Fsp3) is 0.333. The van der Waals surface area contributed by atoms with Gasteiger partial charge >= 0.3 is 0 Å². The van der Waals surface area contributed by atoms with Gasteiger partial charge < -0.3 is 11.1 Å². The Kier molecular flexibility index (Phi) is 3.96.